The first-order valence-corrected chi connectivity index (χ1v) is 6.64. The Balaban J connectivity index is 1.88. The highest BCUT2D eigenvalue weighted by molar-refractivity contribution is 5.86. The van der Waals surface area contributed by atoms with Gasteiger partial charge in [0.15, 0.2) is 0 Å². The van der Waals surface area contributed by atoms with Gasteiger partial charge in [-0.3, -0.25) is 9.59 Å². The third kappa shape index (κ3) is 3.34. The van der Waals surface area contributed by atoms with Crippen LogP contribution in [0.1, 0.15) is 25.3 Å². The molecule has 4 heteroatoms. The van der Waals surface area contributed by atoms with Crippen molar-refractivity contribution in [2.24, 2.45) is 5.92 Å². The average molecular weight is 261 g/mol. The van der Waals surface area contributed by atoms with E-state index in [4.69, 9.17) is 5.11 Å². The van der Waals surface area contributed by atoms with Gasteiger partial charge < -0.3 is 10.0 Å². The Bertz CT molecular complexity index is 458. The molecule has 2 atom stereocenters. The fraction of sp³-hybridized carbons (Fsp3) is 0.467. The van der Waals surface area contributed by atoms with Crippen LogP contribution in [0.25, 0.3) is 0 Å². The lowest BCUT2D eigenvalue weighted by Gasteiger charge is -2.24. The van der Waals surface area contributed by atoms with Crippen LogP contribution in [-0.4, -0.2) is 34.5 Å². The number of aryl methyl sites for hydroxylation is 1. The molecule has 1 N–H and O–H groups in total. The van der Waals surface area contributed by atoms with Crippen LogP contribution in [0, 0.1) is 5.92 Å². The SMILES string of the molecule is CC(CCc1ccccc1)N1CC(C(=O)O)CC1=O. The second-order valence-corrected chi connectivity index (χ2v) is 5.16. The van der Waals surface area contributed by atoms with Crippen molar-refractivity contribution < 1.29 is 14.7 Å². The first-order valence-electron chi connectivity index (χ1n) is 6.64. The molecule has 0 aliphatic carbocycles. The molecule has 1 aliphatic rings. The van der Waals surface area contributed by atoms with Gasteiger partial charge in [-0.2, -0.15) is 0 Å². The summed E-state index contributed by atoms with van der Waals surface area (Å²) in [5, 5.41) is 8.96. The molecule has 2 unspecified atom stereocenters. The number of rotatable bonds is 5. The Kier molecular flexibility index (Phi) is 4.20. The summed E-state index contributed by atoms with van der Waals surface area (Å²) >= 11 is 0. The van der Waals surface area contributed by atoms with Gasteiger partial charge in [0.25, 0.3) is 0 Å². The third-order valence-electron chi connectivity index (χ3n) is 3.73. The van der Waals surface area contributed by atoms with Gasteiger partial charge in [0.1, 0.15) is 0 Å². The van der Waals surface area contributed by atoms with E-state index in [1.165, 1.54) is 5.56 Å². The van der Waals surface area contributed by atoms with Crippen LogP contribution in [0.5, 0.6) is 0 Å². The van der Waals surface area contributed by atoms with Crippen molar-refractivity contribution in [3.63, 3.8) is 0 Å². The molecule has 102 valence electrons. The van der Waals surface area contributed by atoms with Crippen molar-refractivity contribution in [2.75, 3.05) is 6.54 Å². The summed E-state index contributed by atoms with van der Waals surface area (Å²) in [4.78, 5) is 24.4. The fourth-order valence-corrected chi connectivity index (χ4v) is 2.50. The third-order valence-corrected chi connectivity index (χ3v) is 3.73. The molecular formula is C15H19NO3. The number of carbonyl (C=O) groups excluding carboxylic acids is 1. The Morgan fingerprint density at radius 3 is 2.68 bits per heavy atom. The molecule has 1 amide bonds. The predicted molar refractivity (Wildman–Crippen MR) is 71.7 cm³/mol. The van der Waals surface area contributed by atoms with Crippen LogP contribution in [0.4, 0.5) is 0 Å². The number of hydrogen-bond donors (Lipinski definition) is 1. The lowest BCUT2D eigenvalue weighted by atomic mass is 10.1. The molecule has 4 nitrogen and oxygen atoms in total. The van der Waals surface area contributed by atoms with E-state index in [1.54, 1.807) is 4.90 Å². The summed E-state index contributed by atoms with van der Waals surface area (Å²) in [6.07, 6.45) is 1.91. The summed E-state index contributed by atoms with van der Waals surface area (Å²) < 4.78 is 0. The van der Waals surface area contributed by atoms with E-state index in [2.05, 4.69) is 12.1 Å². The van der Waals surface area contributed by atoms with E-state index in [9.17, 15) is 9.59 Å². The van der Waals surface area contributed by atoms with Gasteiger partial charge in [-0.05, 0) is 25.3 Å². The van der Waals surface area contributed by atoms with E-state index < -0.39 is 11.9 Å². The minimum atomic E-state index is -0.869. The van der Waals surface area contributed by atoms with Crippen molar-refractivity contribution in [3.8, 4) is 0 Å². The molecule has 1 saturated heterocycles. The molecule has 2 rings (SSSR count). The van der Waals surface area contributed by atoms with Gasteiger partial charge in [-0.15, -0.1) is 0 Å². The van der Waals surface area contributed by atoms with Crippen LogP contribution >= 0.6 is 0 Å². The lowest BCUT2D eigenvalue weighted by Crippen LogP contribution is -2.35. The topological polar surface area (TPSA) is 57.6 Å². The smallest absolute Gasteiger partial charge is 0.308 e. The predicted octanol–water partition coefficient (Wildman–Crippen LogP) is 1.94. The number of hydrogen-bond acceptors (Lipinski definition) is 2. The number of likely N-dealkylation sites (tertiary alicyclic amines) is 1. The number of benzene rings is 1. The zero-order chi connectivity index (χ0) is 13.8. The monoisotopic (exact) mass is 261 g/mol. The quantitative estimate of drug-likeness (QED) is 0.881. The van der Waals surface area contributed by atoms with Crippen molar-refractivity contribution in [1.82, 2.24) is 4.90 Å². The number of carboxylic acid groups (broad SMARTS) is 1. The summed E-state index contributed by atoms with van der Waals surface area (Å²) in [7, 11) is 0. The Hall–Kier alpha value is -1.84. The Labute approximate surface area is 113 Å². The minimum absolute atomic E-state index is 0.0343. The maximum atomic E-state index is 11.8. The summed E-state index contributed by atoms with van der Waals surface area (Å²) in [5.74, 6) is -1.44. The second-order valence-electron chi connectivity index (χ2n) is 5.16. The van der Waals surface area contributed by atoms with Crippen molar-refractivity contribution in [1.29, 1.82) is 0 Å². The molecule has 1 heterocycles. The van der Waals surface area contributed by atoms with E-state index >= 15 is 0 Å². The fourth-order valence-electron chi connectivity index (χ4n) is 2.50. The summed E-state index contributed by atoms with van der Waals surface area (Å²) in [6, 6.07) is 10.2. The first kappa shape index (κ1) is 13.6. The normalized spacial score (nSPS) is 20.6. The maximum Gasteiger partial charge on any atom is 0.308 e. The van der Waals surface area contributed by atoms with Gasteiger partial charge in [0, 0.05) is 19.0 Å². The first-order chi connectivity index (χ1) is 9.08. The van der Waals surface area contributed by atoms with Gasteiger partial charge in [0.05, 0.1) is 5.92 Å². The highest BCUT2D eigenvalue weighted by Gasteiger charge is 2.36. The molecule has 19 heavy (non-hydrogen) atoms. The number of carboxylic acids is 1. The summed E-state index contributed by atoms with van der Waals surface area (Å²) in [5.41, 5.74) is 1.25. The van der Waals surface area contributed by atoms with Crippen molar-refractivity contribution >= 4 is 11.9 Å². The van der Waals surface area contributed by atoms with Gasteiger partial charge in [-0.25, -0.2) is 0 Å². The number of amides is 1. The zero-order valence-corrected chi connectivity index (χ0v) is 11.1. The van der Waals surface area contributed by atoms with E-state index in [0.717, 1.165) is 12.8 Å². The standard InChI is InChI=1S/C15H19NO3/c1-11(7-8-12-5-3-2-4-6-12)16-10-13(15(18)19)9-14(16)17/h2-6,11,13H,7-10H2,1H3,(H,18,19). The molecular weight excluding hydrogens is 242 g/mol. The van der Waals surface area contributed by atoms with Crippen LogP contribution in [-0.2, 0) is 16.0 Å². The van der Waals surface area contributed by atoms with Crippen LogP contribution < -0.4 is 0 Å². The van der Waals surface area contributed by atoms with Crippen LogP contribution in [0.2, 0.25) is 0 Å². The number of carbonyl (C=O) groups is 2. The van der Waals surface area contributed by atoms with E-state index in [0.29, 0.717) is 6.54 Å². The number of aliphatic carboxylic acids is 1. The largest absolute Gasteiger partial charge is 0.481 e. The second kappa shape index (κ2) is 5.87. The molecule has 1 fully saturated rings. The van der Waals surface area contributed by atoms with Crippen molar-refractivity contribution in [2.45, 2.75) is 32.2 Å². The molecule has 0 aromatic heterocycles. The molecule has 0 radical (unpaired) electrons. The Morgan fingerprint density at radius 2 is 2.11 bits per heavy atom. The molecule has 0 spiro atoms. The Morgan fingerprint density at radius 1 is 1.42 bits per heavy atom. The van der Waals surface area contributed by atoms with E-state index in [-0.39, 0.29) is 18.4 Å². The zero-order valence-electron chi connectivity index (χ0n) is 11.1. The van der Waals surface area contributed by atoms with Crippen LogP contribution in [0.15, 0.2) is 30.3 Å². The average Bonchev–Trinajstić information content (AvgIpc) is 2.80. The summed E-state index contributed by atoms with van der Waals surface area (Å²) in [6.45, 7) is 2.34. The highest BCUT2D eigenvalue weighted by atomic mass is 16.4. The van der Waals surface area contributed by atoms with Gasteiger partial charge >= 0.3 is 5.97 Å². The highest BCUT2D eigenvalue weighted by Crippen LogP contribution is 2.22. The van der Waals surface area contributed by atoms with Crippen LogP contribution in [0.3, 0.4) is 0 Å². The number of nitrogens with zero attached hydrogens (tertiary/aromatic N) is 1. The lowest BCUT2D eigenvalue weighted by molar-refractivity contribution is -0.141. The maximum absolute atomic E-state index is 11.8. The van der Waals surface area contributed by atoms with E-state index in [1.807, 2.05) is 25.1 Å². The van der Waals surface area contributed by atoms with Gasteiger partial charge in [-0.1, -0.05) is 30.3 Å². The molecule has 1 aromatic carbocycles. The molecule has 1 aromatic rings. The molecule has 0 saturated carbocycles. The van der Waals surface area contributed by atoms with Crippen molar-refractivity contribution in [3.05, 3.63) is 35.9 Å². The molecule has 1 aliphatic heterocycles. The molecule has 0 bridgehead atoms. The van der Waals surface area contributed by atoms with Gasteiger partial charge in [0.2, 0.25) is 5.91 Å². The minimum Gasteiger partial charge on any atom is -0.481 e.